The molecule has 0 spiro atoms. The minimum Gasteiger partial charge on any atom is -0.481 e. The van der Waals surface area contributed by atoms with Gasteiger partial charge in [0, 0.05) is 5.02 Å². The first-order valence-corrected chi connectivity index (χ1v) is 6.83. The fourth-order valence-corrected chi connectivity index (χ4v) is 1.74. The number of carbonyl (C=O) groups is 1. The Morgan fingerprint density at radius 3 is 2.91 bits per heavy atom. The lowest BCUT2D eigenvalue weighted by molar-refractivity contribution is -0.402. The second-order valence-corrected chi connectivity index (χ2v) is 4.82. The third-order valence-electron chi connectivity index (χ3n) is 2.64. The highest BCUT2D eigenvalue weighted by atomic mass is 35.5. The molecule has 8 nitrogen and oxygen atoms in total. The molecule has 1 atom stereocenters. The average molecular weight is 338 g/mol. The van der Waals surface area contributed by atoms with Crippen LogP contribution in [0.2, 0.25) is 5.02 Å². The molecule has 0 radical (unpaired) electrons. The molecule has 2 aromatic rings. The van der Waals surface area contributed by atoms with Crippen molar-refractivity contribution in [2.45, 2.75) is 13.0 Å². The van der Waals surface area contributed by atoms with Gasteiger partial charge in [0.2, 0.25) is 0 Å². The number of carbonyl (C=O) groups excluding carboxylic acids is 1. The third kappa shape index (κ3) is 4.82. The van der Waals surface area contributed by atoms with Gasteiger partial charge in [-0.1, -0.05) is 17.7 Å². The third-order valence-corrected chi connectivity index (χ3v) is 2.87. The van der Waals surface area contributed by atoms with Crippen LogP contribution in [0.25, 0.3) is 0 Å². The van der Waals surface area contributed by atoms with Crippen LogP contribution in [0.3, 0.4) is 0 Å². The highest BCUT2D eigenvalue weighted by molar-refractivity contribution is 6.30. The Morgan fingerprint density at radius 1 is 1.48 bits per heavy atom. The molecule has 1 aromatic heterocycles. The number of nitrogens with one attached hydrogen (secondary N) is 1. The van der Waals surface area contributed by atoms with Crippen molar-refractivity contribution in [3.63, 3.8) is 0 Å². The molecule has 0 saturated carbocycles. The zero-order valence-corrected chi connectivity index (χ0v) is 12.7. The van der Waals surface area contributed by atoms with Crippen molar-refractivity contribution in [2.24, 2.45) is 5.10 Å². The van der Waals surface area contributed by atoms with Gasteiger partial charge in [0.15, 0.2) is 11.9 Å². The van der Waals surface area contributed by atoms with Crippen molar-refractivity contribution in [1.29, 1.82) is 0 Å². The second-order valence-electron chi connectivity index (χ2n) is 4.38. The number of hydrogen-bond donors (Lipinski definition) is 1. The standard InChI is InChI=1S/C14H12ClN3O5/c1-9(22-11-4-2-3-10(15)7-11)14(19)17-16-8-12-5-6-13(23-12)18(20)21/h2-9H,1H3,(H,17,19). The molecule has 0 aliphatic carbocycles. The monoisotopic (exact) mass is 337 g/mol. The maximum absolute atomic E-state index is 11.8. The Labute approximate surface area is 135 Å². The van der Waals surface area contributed by atoms with Crippen LogP contribution >= 0.6 is 11.6 Å². The van der Waals surface area contributed by atoms with Crippen LogP contribution in [0.4, 0.5) is 5.88 Å². The predicted molar refractivity (Wildman–Crippen MR) is 82.6 cm³/mol. The van der Waals surface area contributed by atoms with Gasteiger partial charge in [0.25, 0.3) is 5.91 Å². The summed E-state index contributed by atoms with van der Waals surface area (Å²) in [6.07, 6.45) is 0.341. The number of halogens is 1. The van der Waals surface area contributed by atoms with Crippen LogP contribution in [0.1, 0.15) is 12.7 Å². The van der Waals surface area contributed by atoms with Crippen molar-refractivity contribution >= 4 is 29.6 Å². The molecule has 0 fully saturated rings. The number of benzene rings is 1. The lowest BCUT2D eigenvalue weighted by Crippen LogP contribution is -2.33. The molecule has 1 N–H and O–H groups in total. The molecule has 120 valence electrons. The first-order valence-electron chi connectivity index (χ1n) is 6.45. The number of hydrogen-bond acceptors (Lipinski definition) is 6. The fourth-order valence-electron chi connectivity index (χ4n) is 1.56. The largest absolute Gasteiger partial charge is 0.481 e. The molecule has 1 amide bonds. The van der Waals surface area contributed by atoms with Gasteiger partial charge in [-0.15, -0.1) is 0 Å². The lowest BCUT2D eigenvalue weighted by atomic mass is 10.3. The van der Waals surface area contributed by atoms with Gasteiger partial charge < -0.3 is 9.15 Å². The normalized spacial score (nSPS) is 12.1. The quantitative estimate of drug-likeness (QED) is 0.495. The van der Waals surface area contributed by atoms with E-state index in [4.69, 9.17) is 20.8 Å². The number of amides is 1. The summed E-state index contributed by atoms with van der Waals surface area (Å²) < 4.78 is 10.3. The molecule has 1 heterocycles. The second kappa shape index (κ2) is 7.41. The number of hydrazone groups is 1. The van der Waals surface area contributed by atoms with Crippen LogP contribution in [0.5, 0.6) is 5.75 Å². The Bertz CT molecular complexity index is 744. The highest BCUT2D eigenvalue weighted by Crippen LogP contribution is 2.18. The van der Waals surface area contributed by atoms with Crippen LogP contribution in [-0.2, 0) is 4.79 Å². The van der Waals surface area contributed by atoms with Crippen molar-refractivity contribution in [2.75, 3.05) is 0 Å². The fraction of sp³-hybridized carbons (Fsp3) is 0.143. The van der Waals surface area contributed by atoms with E-state index < -0.39 is 22.8 Å². The number of nitro groups is 1. The molecule has 1 aromatic carbocycles. The van der Waals surface area contributed by atoms with Crippen molar-refractivity contribution in [3.05, 3.63) is 57.3 Å². The van der Waals surface area contributed by atoms with E-state index in [9.17, 15) is 14.9 Å². The van der Waals surface area contributed by atoms with E-state index in [0.717, 1.165) is 6.21 Å². The number of ether oxygens (including phenoxy) is 1. The van der Waals surface area contributed by atoms with E-state index in [-0.39, 0.29) is 5.76 Å². The predicted octanol–water partition coefficient (Wildman–Crippen LogP) is 2.76. The Kier molecular flexibility index (Phi) is 5.32. The molecule has 0 bridgehead atoms. The van der Waals surface area contributed by atoms with Gasteiger partial charge in [-0.25, -0.2) is 5.43 Å². The Hall–Kier alpha value is -2.87. The lowest BCUT2D eigenvalue weighted by Gasteiger charge is -2.12. The van der Waals surface area contributed by atoms with Gasteiger partial charge in [-0.3, -0.25) is 14.9 Å². The molecule has 9 heteroatoms. The molecule has 2 rings (SSSR count). The molecule has 0 aliphatic heterocycles. The van der Waals surface area contributed by atoms with E-state index >= 15 is 0 Å². The highest BCUT2D eigenvalue weighted by Gasteiger charge is 2.14. The number of rotatable bonds is 6. The van der Waals surface area contributed by atoms with Crippen LogP contribution in [0.15, 0.2) is 45.9 Å². The van der Waals surface area contributed by atoms with Crippen LogP contribution < -0.4 is 10.2 Å². The molecule has 23 heavy (non-hydrogen) atoms. The van der Waals surface area contributed by atoms with E-state index in [1.165, 1.54) is 12.1 Å². The smallest absolute Gasteiger partial charge is 0.433 e. The van der Waals surface area contributed by atoms with Gasteiger partial charge >= 0.3 is 5.88 Å². The summed E-state index contributed by atoms with van der Waals surface area (Å²) in [6.45, 7) is 1.55. The number of nitrogens with zero attached hydrogens (tertiary/aromatic N) is 2. The summed E-state index contributed by atoms with van der Waals surface area (Å²) in [7, 11) is 0. The summed E-state index contributed by atoms with van der Waals surface area (Å²) in [5.41, 5.74) is 2.25. The maximum atomic E-state index is 11.8. The van der Waals surface area contributed by atoms with Crippen LogP contribution in [-0.4, -0.2) is 23.1 Å². The summed E-state index contributed by atoms with van der Waals surface area (Å²) in [5.74, 6) is -0.316. The van der Waals surface area contributed by atoms with E-state index in [1.807, 2.05) is 0 Å². The summed E-state index contributed by atoms with van der Waals surface area (Å²) in [4.78, 5) is 21.6. The van der Waals surface area contributed by atoms with Crippen molar-refractivity contribution in [1.82, 2.24) is 5.43 Å². The van der Waals surface area contributed by atoms with Gasteiger partial charge in [-0.2, -0.15) is 5.10 Å². The molecule has 1 unspecified atom stereocenters. The first kappa shape index (κ1) is 16.5. The zero-order valence-electron chi connectivity index (χ0n) is 11.9. The maximum Gasteiger partial charge on any atom is 0.433 e. The molecule has 0 aliphatic rings. The van der Waals surface area contributed by atoms with Crippen molar-refractivity contribution < 1.29 is 18.9 Å². The number of furan rings is 1. The molecular formula is C14H12ClN3O5. The molecule has 0 saturated heterocycles. The zero-order chi connectivity index (χ0) is 16.8. The SMILES string of the molecule is CC(Oc1cccc(Cl)c1)C(=O)NN=Cc1ccc([N+](=O)[O-])o1. The summed E-state index contributed by atoms with van der Waals surface area (Å²) in [5, 5.41) is 14.6. The van der Waals surface area contributed by atoms with E-state index in [1.54, 1.807) is 31.2 Å². The van der Waals surface area contributed by atoms with E-state index in [2.05, 4.69) is 10.5 Å². The van der Waals surface area contributed by atoms with E-state index in [0.29, 0.717) is 10.8 Å². The minimum atomic E-state index is -0.809. The van der Waals surface area contributed by atoms with Gasteiger partial charge in [-0.05, 0) is 31.2 Å². The summed E-state index contributed by atoms with van der Waals surface area (Å²) in [6, 6.07) is 9.18. The molecular weight excluding hydrogens is 326 g/mol. The minimum absolute atomic E-state index is 0.139. The van der Waals surface area contributed by atoms with Crippen LogP contribution in [0, 0.1) is 10.1 Å². The Morgan fingerprint density at radius 2 is 2.26 bits per heavy atom. The topological polar surface area (TPSA) is 107 Å². The van der Waals surface area contributed by atoms with Gasteiger partial charge in [0.1, 0.15) is 10.7 Å². The average Bonchev–Trinajstić information content (AvgIpc) is 2.96. The first-order chi connectivity index (χ1) is 11.0. The van der Waals surface area contributed by atoms with Crippen molar-refractivity contribution in [3.8, 4) is 5.75 Å². The summed E-state index contributed by atoms with van der Waals surface area (Å²) >= 11 is 5.82. The Balaban J connectivity index is 1.88. The van der Waals surface area contributed by atoms with Gasteiger partial charge in [0.05, 0.1) is 12.3 Å².